The Morgan fingerprint density at radius 1 is 1.23 bits per heavy atom. The first-order valence-corrected chi connectivity index (χ1v) is 12.5. The van der Waals surface area contributed by atoms with Gasteiger partial charge in [-0.3, -0.25) is 9.59 Å². The monoisotopic (exact) mass is 478 g/mol. The predicted molar refractivity (Wildman–Crippen MR) is 127 cm³/mol. The van der Waals surface area contributed by atoms with E-state index in [1.54, 1.807) is 32.4 Å². The molecule has 166 valence electrons. The van der Waals surface area contributed by atoms with Crippen LogP contribution in [-0.2, 0) is 11.3 Å². The van der Waals surface area contributed by atoms with E-state index in [0.717, 1.165) is 24.4 Å². The van der Waals surface area contributed by atoms with Crippen molar-refractivity contribution >= 4 is 51.4 Å². The number of carbonyl (C=O) groups excluding carboxylic acids is 2. The van der Waals surface area contributed by atoms with Gasteiger partial charge in [0.2, 0.25) is 5.91 Å². The van der Waals surface area contributed by atoms with Gasteiger partial charge in [0.25, 0.3) is 5.91 Å². The molecule has 0 atom stereocenters. The van der Waals surface area contributed by atoms with E-state index in [1.807, 2.05) is 0 Å². The molecular formula is C20H26N6O2S3. The van der Waals surface area contributed by atoms with Gasteiger partial charge in [-0.1, -0.05) is 30.0 Å². The van der Waals surface area contributed by atoms with Crippen molar-refractivity contribution in [2.45, 2.75) is 45.8 Å². The zero-order valence-corrected chi connectivity index (χ0v) is 20.9. The molecule has 0 unspecified atom stereocenters. The Hall–Kier alpha value is -2.24. The zero-order chi connectivity index (χ0) is 22.7. The molecular weight excluding hydrogens is 452 g/mol. The molecule has 3 aromatic rings. The Balaban J connectivity index is 1.70. The fourth-order valence-corrected chi connectivity index (χ4v) is 5.52. The number of thiophene rings is 1. The van der Waals surface area contributed by atoms with Crippen molar-refractivity contribution in [1.82, 2.24) is 24.6 Å². The Morgan fingerprint density at radius 2 is 1.97 bits per heavy atom. The van der Waals surface area contributed by atoms with Crippen LogP contribution in [0.5, 0.6) is 0 Å². The van der Waals surface area contributed by atoms with Gasteiger partial charge in [-0.15, -0.1) is 21.5 Å². The van der Waals surface area contributed by atoms with E-state index in [1.165, 1.54) is 38.4 Å². The van der Waals surface area contributed by atoms with Crippen molar-refractivity contribution in [1.29, 1.82) is 0 Å². The van der Waals surface area contributed by atoms with E-state index in [4.69, 9.17) is 0 Å². The first-order chi connectivity index (χ1) is 14.7. The third-order valence-corrected chi connectivity index (χ3v) is 7.71. The summed E-state index contributed by atoms with van der Waals surface area (Å²) in [7, 11) is 3.38. The fourth-order valence-electron chi connectivity index (χ4n) is 2.89. The molecule has 3 aromatic heterocycles. The molecule has 0 bridgehead atoms. The zero-order valence-electron chi connectivity index (χ0n) is 18.5. The van der Waals surface area contributed by atoms with Gasteiger partial charge in [0, 0.05) is 36.5 Å². The van der Waals surface area contributed by atoms with E-state index >= 15 is 0 Å². The molecule has 0 aromatic carbocycles. The minimum Gasteiger partial charge on any atom is -0.344 e. The van der Waals surface area contributed by atoms with Crippen molar-refractivity contribution in [3.8, 4) is 11.4 Å². The number of carbonyl (C=O) groups is 2. The topological polar surface area (TPSA) is 93.0 Å². The minimum atomic E-state index is -0.197. The average Bonchev–Trinajstić information content (AvgIpc) is 3.38. The molecule has 3 heterocycles. The molecule has 3 rings (SSSR count). The molecule has 0 radical (unpaired) electrons. The first-order valence-electron chi connectivity index (χ1n) is 9.82. The number of nitrogens with zero attached hydrogens (tertiary/aromatic N) is 5. The number of aromatic nitrogens is 4. The number of amides is 2. The van der Waals surface area contributed by atoms with Crippen LogP contribution in [0.2, 0.25) is 0 Å². The second-order valence-corrected chi connectivity index (χ2v) is 10.3. The average molecular weight is 479 g/mol. The first kappa shape index (κ1) is 23.4. The number of aryl methyl sites for hydroxylation is 2. The van der Waals surface area contributed by atoms with Crippen molar-refractivity contribution < 1.29 is 9.59 Å². The fraction of sp³-hybridized carbons (Fsp3) is 0.450. The van der Waals surface area contributed by atoms with Crippen LogP contribution >= 0.6 is 34.4 Å². The van der Waals surface area contributed by atoms with E-state index < -0.39 is 0 Å². The van der Waals surface area contributed by atoms with Crippen LogP contribution in [0.3, 0.4) is 0 Å². The van der Waals surface area contributed by atoms with Gasteiger partial charge in [0.15, 0.2) is 16.1 Å². The molecule has 0 fully saturated rings. The molecule has 0 spiro atoms. The Morgan fingerprint density at radius 3 is 2.58 bits per heavy atom. The molecule has 0 aliphatic carbocycles. The maximum absolute atomic E-state index is 12.5. The number of rotatable bonds is 8. The highest BCUT2D eigenvalue weighted by atomic mass is 32.2. The SMILES string of the molecule is CCCn1c(SCC(=O)Nc2nc(C)c(C(=O)N(C)C)s2)nnc1-c1csc(C)c1C. The number of hydrogen-bond donors (Lipinski definition) is 1. The summed E-state index contributed by atoms with van der Waals surface area (Å²) in [5, 5.41) is 14.8. The highest BCUT2D eigenvalue weighted by Crippen LogP contribution is 2.32. The summed E-state index contributed by atoms with van der Waals surface area (Å²) in [5.74, 6) is 0.704. The Labute approximate surface area is 194 Å². The normalized spacial score (nSPS) is 11.0. The predicted octanol–water partition coefficient (Wildman–Crippen LogP) is 4.23. The lowest BCUT2D eigenvalue weighted by Gasteiger charge is -2.09. The molecule has 31 heavy (non-hydrogen) atoms. The second kappa shape index (κ2) is 9.92. The van der Waals surface area contributed by atoms with E-state index in [-0.39, 0.29) is 17.6 Å². The molecule has 0 aliphatic heterocycles. The molecule has 8 nitrogen and oxygen atoms in total. The standard InChI is InChI=1S/C20H26N6O2S3/c1-7-8-26-17(14-9-29-13(4)11(14)2)23-24-20(26)30-10-15(27)22-19-21-12(3)16(31-19)18(28)25(5)6/h9H,7-8,10H2,1-6H3,(H,21,22,27). The lowest BCUT2D eigenvalue weighted by Crippen LogP contribution is -2.21. The summed E-state index contributed by atoms with van der Waals surface area (Å²) in [5.41, 5.74) is 2.92. The van der Waals surface area contributed by atoms with Gasteiger partial charge in [-0.05, 0) is 32.8 Å². The van der Waals surface area contributed by atoms with Crippen LogP contribution in [0.4, 0.5) is 5.13 Å². The molecule has 0 aliphatic rings. The largest absolute Gasteiger partial charge is 0.344 e. The van der Waals surface area contributed by atoms with Crippen molar-refractivity contribution in [2.75, 3.05) is 25.2 Å². The minimum absolute atomic E-state index is 0.121. The summed E-state index contributed by atoms with van der Waals surface area (Å²) in [6.45, 7) is 8.84. The molecule has 0 saturated carbocycles. The molecule has 1 N–H and O–H groups in total. The Kier molecular flexibility index (Phi) is 7.50. The van der Waals surface area contributed by atoms with Crippen LogP contribution in [0, 0.1) is 20.8 Å². The highest BCUT2D eigenvalue weighted by molar-refractivity contribution is 7.99. The van der Waals surface area contributed by atoms with Gasteiger partial charge in [-0.2, -0.15) is 0 Å². The number of thiazole rings is 1. The second-order valence-electron chi connectivity index (χ2n) is 7.26. The van der Waals surface area contributed by atoms with Gasteiger partial charge in [0.05, 0.1) is 11.4 Å². The van der Waals surface area contributed by atoms with Crippen LogP contribution < -0.4 is 5.32 Å². The summed E-state index contributed by atoms with van der Waals surface area (Å²) in [6, 6.07) is 0. The lowest BCUT2D eigenvalue weighted by molar-refractivity contribution is -0.113. The molecule has 2 amide bonds. The van der Waals surface area contributed by atoms with Gasteiger partial charge < -0.3 is 14.8 Å². The number of anilines is 1. The number of hydrogen-bond acceptors (Lipinski definition) is 8. The van der Waals surface area contributed by atoms with Gasteiger partial charge in [-0.25, -0.2) is 4.98 Å². The third kappa shape index (κ3) is 5.16. The van der Waals surface area contributed by atoms with E-state index in [9.17, 15) is 9.59 Å². The van der Waals surface area contributed by atoms with Gasteiger partial charge in [0.1, 0.15) is 4.88 Å². The maximum atomic E-state index is 12.5. The van der Waals surface area contributed by atoms with Crippen molar-refractivity contribution in [3.05, 3.63) is 26.4 Å². The summed E-state index contributed by atoms with van der Waals surface area (Å²) < 4.78 is 2.08. The van der Waals surface area contributed by atoms with Gasteiger partial charge >= 0.3 is 0 Å². The van der Waals surface area contributed by atoms with Crippen LogP contribution in [-0.4, -0.2) is 56.3 Å². The summed E-state index contributed by atoms with van der Waals surface area (Å²) in [4.78, 5) is 32.3. The third-order valence-electron chi connectivity index (χ3n) is 4.67. The smallest absolute Gasteiger partial charge is 0.265 e. The van der Waals surface area contributed by atoms with Crippen molar-refractivity contribution in [3.63, 3.8) is 0 Å². The Bertz CT molecular complexity index is 1100. The van der Waals surface area contributed by atoms with E-state index in [2.05, 4.69) is 51.2 Å². The van der Waals surface area contributed by atoms with Crippen LogP contribution in [0.1, 0.15) is 39.2 Å². The van der Waals surface area contributed by atoms with Crippen molar-refractivity contribution in [2.24, 2.45) is 0 Å². The van der Waals surface area contributed by atoms with Crippen LogP contribution in [0.25, 0.3) is 11.4 Å². The number of thioether (sulfide) groups is 1. The summed E-state index contributed by atoms with van der Waals surface area (Å²) in [6.07, 6.45) is 0.939. The molecule has 11 heteroatoms. The quantitative estimate of drug-likeness (QED) is 0.487. The molecule has 0 saturated heterocycles. The highest BCUT2D eigenvalue weighted by Gasteiger charge is 2.20. The summed E-state index contributed by atoms with van der Waals surface area (Å²) >= 11 is 4.24. The van der Waals surface area contributed by atoms with E-state index in [0.29, 0.717) is 20.9 Å². The lowest BCUT2D eigenvalue weighted by atomic mass is 10.1. The maximum Gasteiger partial charge on any atom is 0.265 e. The number of nitrogens with one attached hydrogen (secondary N) is 1. The van der Waals surface area contributed by atoms with Crippen LogP contribution in [0.15, 0.2) is 10.5 Å².